The van der Waals surface area contributed by atoms with Gasteiger partial charge in [-0.2, -0.15) is 0 Å². The van der Waals surface area contributed by atoms with Gasteiger partial charge in [-0.05, 0) is 117 Å². The summed E-state index contributed by atoms with van der Waals surface area (Å²) < 4.78 is 45.3. The lowest BCUT2D eigenvalue weighted by atomic mass is 9.32. The molecule has 3 N–H and O–H groups in total. The van der Waals surface area contributed by atoms with Crippen LogP contribution in [0.5, 0.6) is 17.2 Å². The molecule has 57 heavy (non-hydrogen) atoms. The Bertz CT molecular complexity index is 2160. The number of nitrogens with zero attached hydrogens (tertiary/aromatic N) is 1. The molecule has 6 aliphatic carbocycles. The number of methoxy groups -OCH3 is 3. The summed E-state index contributed by atoms with van der Waals surface area (Å²) in [5.74, 6) is -0.927. The predicted octanol–water partition coefficient (Wildman–Crippen LogP) is 8.50. The van der Waals surface area contributed by atoms with Gasteiger partial charge in [0.2, 0.25) is 0 Å². The molecule has 1 unspecified atom stereocenters. The number of aliphatic hydroxyl groups excluding tert-OH is 1. The summed E-state index contributed by atoms with van der Waals surface area (Å²) in [5.41, 5.74) is -1.96. The highest BCUT2D eigenvalue weighted by Gasteiger charge is 2.74. The number of fused-ring (bicyclic) bond motifs is 1. The summed E-state index contributed by atoms with van der Waals surface area (Å²) in [4.78, 5) is 30.8. The lowest BCUT2D eigenvalue weighted by Crippen LogP contribution is -2.67. The lowest BCUT2D eigenvalue weighted by Gasteiger charge is -2.71. The molecule has 8 atom stereocenters. The third-order valence-electron chi connectivity index (χ3n) is 15.1. The summed E-state index contributed by atoms with van der Waals surface area (Å²) in [6.07, 6.45) is 10.1. The number of aliphatic hydroxyl groups is 2. The predicted molar refractivity (Wildman–Crippen MR) is 211 cm³/mol. The third-order valence-corrected chi connectivity index (χ3v) is 15.1. The van der Waals surface area contributed by atoms with Crippen molar-refractivity contribution in [2.45, 2.75) is 77.0 Å². The van der Waals surface area contributed by atoms with Gasteiger partial charge >= 0.3 is 6.03 Å². The fourth-order valence-electron chi connectivity index (χ4n) is 12.0. The van der Waals surface area contributed by atoms with Gasteiger partial charge in [-0.15, -0.1) is 0 Å². The largest absolute Gasteiger partial charge is 0.497 e. The van der Waals surface area contributed by atoms with Crippen LogP contribution >= 0.6 is 0 Å². The smallest absolute Gasteiger partial charge is 0.322 e. The minimum Gasteiger partial charge on any atom is -0.497 e. The highest BCUT2D eigenvalue weighted by molar-refractivity contribution is 6.10. The van der Waals surface area contributed by atoms with E-state index in [0.29, 0.717) is 67.0 Å². The quantitative estimate of drug-likeness (QED) is 0.140. The second kappa shape index (κ2) is 14.0. The van der Waals surface area contributed by atoms with Crippen LogP contribution in [0, 0.1) is 45.1 Å². The maximum absolute atomic E-state index is 14.8. The van der Waals surface area contributed by atoms with Gasteiger partial charge in [-0.1, -0.05) is 32.1 Å². The van der Waals surface area contributed by atoms with Gasteiger partial charge in [-0.3, -0.25) is 4.79 Å². The van der Waals surface area contributed by atoms with E-state index in [1.165, 1.54) is 6.07 Å². The number of hydrogen-bond acceptors (Lipinski definition) is 7. The van der Waals surface area contributed by atoms with E-state index in [9.17, 15) is 28.6 Å². The molecule has 302 valence electrons. The number of carbonyl (C=O) groups is 2. The number of rotatable bonds is 10. The number of nitrogens with one attached hydrogen (secondary N) is 1. The number of amides is 2. The second-order valence-corrected chi connectivity index (χ2v) is 17.5. The molecule has 3 aromatic rings. The number of ether oxygens (including phenoxy) is 3. The highest BCUT2D eigenvalue weighted by Crippen LogP contribution is 2.78. The summed E-state index contributed by atoms with van der Waals surface area (Å²) in [7, 11) is 4.71. The van der Waals surface area contributed by atoms with Crippen LogP contribution in [0.4, 0.5) is 19.3 Å². The molecule has 6 aliphatic rings. The maximum Gasteiger partial charge on any atom is 0.322 e. The topological polar surface area (TPSA) is 118 Å². The van der Waals surface area contributed by atoms with E-state index in [1.54, 1.807) is 62.6 Å². The molecular weight excluding hydrogens is 731 g/mol. The molecule has 9 nitrogen and oxygen atoms in total. The monoisotopic (exact) mass is 782 g/mol. The van der Waals surface area contributed by atoms with Crippen molar-refractivity contribution in [1.29, 1.82) is 0 Å². The Morgan fingerprint density at radius 1 is 0.825 bits per heavy atom. The SMILES string of the molecule is COc1ccc(NC(=O)N(Cc2ccc(OC)cc2OC)C[C@]2(O)CC[C@H]3[C@]45C=C[C@@]6(C=C4C(=O)c4ccc(F)c(F)c4)CC(O)CC[C@]6(C)[C@H]5CC[C@@]32C)cc1. The molecule has 9 rings (SSSR count). The minimum absolute atomic E-state index is 0.00444. The molecule has 0 aromatic heterocycles. The Morgan fingerprint density at radius 3 is 2.21 bits per heavy atom. The fourth-order valence-corrected chi connectivity index (χ4v) is 12.0. The standard InChI is InChI=1S/C46H52F2N2O7/c1-42-17-14-31(51)24-44(42)20-21-46(34(25-44)40(52)28-7-13-35(47)36(48)22-28)38(42)15-18-43(2)39(46)16-19-45(43,54)27-50(26-29-6-10-33(56-4)23-37(29)57-5)41(53)49-30-8-11-32(55-3)12-9-30/h6-13,20-23,25,31,38-39,51,54H,14-19,24,26-27H2,1-5H3,(H,49,53)/t31?,38-,39-,42-,43+,44+,45-,46-/m1/s1. The third kappa shape index (κ3) is 5.89. The van der Waals surface area contributed by atoms with E-state index in [2.05, 4.69) is 31.3 Å². The van der Waals surface area contributed by atoms with Crippen molar-refractivity contribution in [2.24, 2.45) is 33.5 Å². The van der Waals surface area contributed by atoms with Crippen LogP contribution in [0.25, 0.3) is 0 Å². The number of benzene rings is 3. The number of carbonyl (C=O) groups excluding carboxylic acids is 2. The Kier molecular flexibility index (Phi) is 9.59. The molecule has 0 aliphatic heterocycles. The van der Waals surface area contributed by atoms with Gasteiger partial charge in [0.05, 0.1) is 46.1 Å². The van der Waals surface area contributed by atoms with E-state index < -0.39 is 45.6 Å². The van der Waals surface area contributed by atoms with Crippen LogP contribution in [-0.4, -0.2) is 66.5 Å². The van der Waals surface area contributed by atoms with Gasteiger partial charge in [0.15, 0.2) is 17.4 Å². The second-order valence-electron chi connectivity index (χ2n) is 17.5. The summed E-state index contributed by atoms with van der Waals surface area (Å²) in [5, 5.41) is 27.2. The molecule has 0 saturated heterocycles. The maximum atomic E-state index is 14.8. The zero-order valence-electron chi connectivity index (χ0n) is 33.2. The van der Waals surface area contributed by atoms with Crippen LogP contribution in [0.15, 0.2) is 84.5 Å². The van der Waals surface area contributed by atoms with Crippen LogP contribution in [0.2, 0.25) is 0 Å². The van der Waals surface area contributed by atoms with Crippen LogP contribution < -0.4 is 19.5 Å². The van der Waals surface area contributed by atoms with E-state index >= 15 is 0 Å². The minimum atomic E-state index is -1.38. The molecular formula is C46H52F2N2O7. The molecule has 3 saturated carbocycles. The first-order chi connectivity index (χ1) is 27.2. The molecule has 0 radical (unpaired) electrons. The average Bonchev–Trinajstić information content (AvgIpc) is 3.48. The average molecular weight is 783 g/mol. The van der Waals surface area contributed by atoms with Crippen molar-refractivity contribution >= 4 is 17.5 Å². The summed E-state index contributed by atoms with van der Waals surface area (Å²) in [6.45, 7) is 4.49. The van der Waals surface area contributed by atoms with Crippen LogP contribution in [-0.2, 0) is 6.54 Å². The summed E-state index contributed by atoms with van der Waals surface area (Å²) in [6, 6.07) is 15.3. The Labute approximate surface area is 332 Å². The normalized spacial score (nSPS) is 33.4. The van der Waals surface area contributed by atoms with Gasteiger partial charge in [0, 0.05) is 44.7 Å². The van der Waals surface area contributed by atoms with Crippen molar-refractivity contribution in [2.75, 3.05) is 33.2 Å². The molecule has 2 spiro atoms. The van der Waals surface area contributed by atoms with E-state index in [0.717, 1.165) is 24.1 Å². The number of Topliss-reactive ketones (excluding diaryl/α,β-unsaturated/α-hetero) is 1. The zero-order valence-corrected chi connectivity index (χ0v) is 33.2. The van der Waals surface area contributed by atoms with Crippen molar-refractivity contribution in [3.05, 3.63) is 107 Å². The molecule has 3 fully saturated rings. The van der Waals surface area contributed by atoms with Crippen molar-refractivity contribution in [1.82, 2.24) is 4.90 Å². The molecule has 2 amide bonds. The zero-order chi connectivity index (χ0) is 40.5. The number of allylic oxidation sites excluding steroid dienone is 4. The number of hydrogen-bond donors (Lipinski definition) is 3. The van der Waals surface area contributed by atoms with Gasteiger partial charge in [-0.25, -0.2) is 13.6 Å². The highest BCUT2D eigenvalue weighted by atomic mass is 19.2. The number of halogens is 2. The Hall–Kier alpha value is -4.74. The van der Waals surface area contributed by atoms with Gasteiger partial charge in [0.1, 0.15) is 17.2 Å². The lowest BCUT2D eigenvalue weighted by molar-refractivity contribution is -0.174. The number of ketones is 1. The summed E-state index contributed by atoms with van der Waals surface area (Å²) >= 11 is 0. The fraction of sp³-hybridized carbons (Fsp3) is 0.478. The van der Waals surface area contributed by atoms with E-state index in [4.69, 9.17) is 14.2 Å². The van der Waals surface area contributed by atoms with E-state index in [1.807, 2.05) is 12.1 Å². The molecule has 3 aromatic carbocycles. The first kappa shape index (κ1) is 39.1. The molecule has 11 heteroatoms. The molecule has 2 bridgehead atoms. The van der Waals surface area contributed by atoms with Crippen LogP contribution in [0.1, 0.15) is 74.7 Å². The van der Waals surface area contributed by atoms with Gasteiger partial charge < -0.3 is 34.6 Å². The van der Waals surface area contributed by atoms with E-state index in [-0.39, 0.29) is 41.7 Å². The van der Waals surface area contributed by atoms with Crippen molar-refractivity contribution in [3.63, 3.8) is 0 Å². The Balaban J connectivity index is 1.19. The number of urea groups is 1. The van der Waals surface area contributed by atoms with Crippen molar-refractivity contribution < 1.29 is 42.8 Å². The van der Waals surface area contributed by atoms with Crippen molar-refractivity contribution in [3.8, 4) is 17.2 Å². The first-order valence-electron chi connectivity index (χ1n) is 19.9. The van der Waals surface area contributed by atoms with Crippen LogP contribution in [0.3, 0.4) is 0 Å². The number of anilines is 1. The first-order valence-corrected chi connectivity index (χ1v) is 19.9. The van der Waals surface area contributed by atoms with Gasteiger partial charge in [0.25, 0.3) is 0 Å². The molecule has 0 heterocycles. The Morgan fingerprint density at radius 2 is 1.51 bits per heavy atom.